The van der Waals surface area contributed by atoms with Crippen molar-refractivity contribution in [2.75, 3.05) is 13.2 Å². The zero-order chi connectivity index (χ0) is 50.7. The first-order valence-electron chi connectivity index (χ1n) is 29.6. The predicted molar refractivity (Wildman–Crippen MR) is 302 cm³/mol. The van der Waals surface area contributed by atoms with Gasteiger partial charge in [-0.3, -0.25) is 14.4 Å². The Kier molecular flexibility index (Phi) is 55.3. The van der Waals surface area contributed by atoms with Gasteiger partial charge in [-0.15, -0.1) is 0 Å². The van der Waals surface area contributed by atoms with Crippen molar-refractivity contribution >= 4 is 17.9 Å². The number of carbonyl (C=O) groups excluding carboxylic acids is 3. The van der Waals surface area contributed by atoms with Crippen molar-refractivity contribution in [2.45, 2.75) is 290 Å². The van der Waals surface area contributed by atoms with Gasteiger partial charge in [-0.2, -0.15) is 0 Å². The molecular formula is C64H110O6. The number of carbonyl (C=O) groups is 3. The van der Waals surface area contributed by atoms with Crippen molar-refractivity contribution < 1.29 is 28.6 Å². The quantitative estimate of drug-likeness (QED) is 0.0261. The first-order valence-corrected chi connectivity index (χ1v) is 29.6. The maximum absolute atomic E-state index is 12.8. The highest BCUT2D eigenvalue weighted by molar-refractivity contribution is 5.71. The average Bonchev–Trinajstić information content (AvgIpc) is 3.36. The van der Waals surface area contributed by atoms with E-state index >= 15 is 0 Å². The van der Waals surface area contributed by atoms with Crippen molar-refractivity contribution in [3.63, 3.8) is 0 Å². The lowest BCUT2D eigenvalue weighted by Gasteiger charge is -2.18. The summed E-state index contributed by atoms with van der Waals surface area (Å²) in [7, 11) is 0. The molecule has 0 N–H and O–H groups in total. The Morgan fingerprint density at radius 3 is 0.943 bits per heavy atom. The van der Waals surface area contributed by atoms with Crippen LogP contribution in [0.4, 0.5) is 0 Å². The van der Waals surface area contributed by atoms with Crippen LogP contribution in [0.15, 0.2) is 85.1 Å². The molecule has 0 saturated heterocycles. The number of allylic oxidation sites excluding steroid dienone is 14. The molecule has 0 aromatic rings. The molecule has 70 heavy (non-hydrogen) atoms. The molecular weight excluding hydrogens is 865 g/mol. The molecule has 0 aliphatic rings. The van der Waals surface area contributed by atoms with E-state index in [0.29, 0.717) is 19.3 Å². The van der Waals surface area contributed by atoms with Crippen LogP contribution in [0.3, 0.4) is 0 Å². The van der Waals surface area contributed by atoms with Crippen molar-refractivity contribution in [3.05, 3.63) is 85.1 Å². The maximum Gasteiger partial charge on any atom is 0.306 e. The number of hydrogen-bond donors (Lipinski definition) is 0. The minimum absolute atomic E-state index is 0.0839. The van der Waals surface area contributed by atoms with Crippen molar-refractivity contribution in [1.29, 1.82) is 0 Å². The Hall–Kier alpha value is -3.41. The summed E-state index contributed by atoms with van der Waals surface area (Å²) in [6.07, 6.45) is 75.9. The van der Waals surface area contributed by atoms with Gasteiger partial charge in [-0.25, -0.2) is 0 Å². The molecule has 0 rings (SSSR count). The van der Waals surface area contributed by atoms with Crippen LogP contribution in [-0.2, 0) is 28.6 Å². The SMILES string of the molecule is CC/C=C\C/C=C\C/C=C\C/C=C\CCCCCCCCCCCCCCCCC(=O)OCC(COC(=O)CCCCCCC/C=C\CCC)OC(=O)CCCCCCC/C=C\C/C=C\CCCCC. The molecule has 0 fully saturated rings. The predicted octanol–water partition coefficient (Wildman–Crippen LogP) is 19.9. The van der Waals surface area contributed by atoms with E-state index < -0.39 is 6.10 Å². The summed E-state index contributed by atoms with van der Waals surface area (Å²) in [4.78, 5) is 38.1. The molecule has 0 aromatic heterocycles. The van der Waals surface area contributed by atoms with E-state index in [4.69, 9.17) is 14.2 Å². The Balaban J connectivity index is 4.21. The molecule has 0 aromatic carbocycles. The third-order valence-electron chi connectivity index (χ3n) is 12.6. The second-order valence-electron chi connectivity index (χ2n) is 19.5. The lowest BCUT2D eigenvalue weighted by molar-refractivity contribution is -0.167. The number of hydrogen-bond acceptors (Lipinski definition) is 6. The molecule has 0 heterocycles. The van der Waals surface area contributed by atoms with Gasteiger partial charge in [0, 0.05) is 19.3 Å². The third-order valence-corrected chi connectivity index (χ3v) is 12.6. The van der Waals surface area contributed by atoms with E-state index in [1.165, 1.54) is 122 Å². The Labute approximate surface area is 433 Å². The smallest absolute Gasteiger partial charge is 0.306 e. The van der Waals surface area contributed by atoms with Crippen molar-refractivity contribution in [2.24, 2.45) is 0 Å². The Bertz CT molecular complexity index is 1350. The monoisotopic (exact) mass is 975 g/mol. The zero-order valence-electron chi connectivity index (χ0n) is 46.0. The van der Waals surface area contributed by atoms with Crippen LogP contribution in [0.5, 0.6) is 0 Å². The Morgan fingerprint density at radius 2 is 0.586 bits per heavy atom. The molecule has 1 unspecified atom stereocenters. The van der Waals surface area contributed by atoms with Crippen LogP contribution >= 0.6 is 0 Å². The summed E-state index contributed by atoms with van der Waals surface area (Å²) in [6.45, 7) is 6.43. The lowest BCUT2D eigenvalue weighted by Crippen LogP contribution is -2.30. The highest BCUT2D eigenvalue weighted by atomic mass is 16.6. The van der Waals surface area contributed by atoms with E-state index in [0.717, 1.165) is 122 Å². The molecule has 0 radical (unpaired) electrons. The maximum atomic E-state index is 12.8. The van der Waals surface area contributed by atoms with Gasteiger partial charge in [-0.1, -0.05) is 241 Å². The van der Waals surface area contributed by atoms with Crippen LogP contribution in [0.25, 0.3) is 0 Å². The van der Waals surface area contributed by atoms with Gasteiger partial charge in [0.25, 0.3) is 0 Å². The van der Waals surface area contributed by atoms with Gasteiger partial charge in [0.05, 0.1) is 0 Å². The zero-order valence-corrected chi connectivity index (χ0v) is 46.0. The van der Waals surface area contributed by atoms with Crippen molar-refractivity contribution in [1.82, 2.24) is 0 Å². The average molecular weight is 976 g/mol. The summed E-state index contributed by atoms with van der Waals surface area (Å²) in [5.41, 5.74) is 0. The first-order chi connectivity index (χ1) is 34.5. The highest BCUT2D eigenvalue weighted by Crippen LogP contribution is 2.16. The van der Waals surface area contributed by atoms with Crippen LogP contribution in [-0.4, -0.2) is 37.2 Å². The summed E-state index contributed by atoms with van der Waals surface area (Å²) >= 11 is 0. The normalized spacial score (nSPS) is 12.7. The number of rotatable bonds is 53. The van der Waals surface area contributed by atoms with E-state index in [9.17, 15) is 14.4 Å². The van der Waals surface area contributed by atoms with E-state index in [1.807, 2.05) is 0 Å². The second kappa shape index (κ2) is 58.2. The van der Waals surface area contributed by atoms with E-state index in [2.05, 4.69) is 106 Å². The van der Waals surface area contributed by atoms with Gasteiger partial charge in [0.1, 0.15) is 13.2 Å². The fraction of sp³-hybridized carbons (Fsp3) is 0.734. The number of esters is 3. The molecule has 1 atom stereocenters. The van der Waals surface area contributed by atoms with E-state index in [1.54, 1.807) is 0 Å². The van der Waals surface area contributed by atoms with Crippen LogP contribution in [0.1, 0.15) is 284 Å². The topological polar surface area (TPSA) is 78.9 Å². The van der Waals surface area contributed by atoms with Gasteiger partial charge < -0.3 is 14.2 Å². The largest absolute Gasteiger partial charge is 0.462 e. The van der Waals surface area contributed by atoms with Gasteiger partial charge in [0.2, 0.25) is 0 Å². The minimum Gasteiger partial charge on any atom is -0.462 e. The van der Waals surface area contributed by atoms with E-state index in [-0.39, 0.29) is 31.1 Å². The fourth-order valence-corrected chi connectivity index (χ4v) is 8.17. The molecule has 0 amide bonds. The number of unbranched alkanes of at least 4 members (excludes halogenated alkanes) is 28. The standard InChI is InChI=1S/C64H110O6/c1-4-7-10-13-16-19-22-24-26-27-28-29-30-31-32-33-34-35-36-37-39-40-42-45-48-51-54-57-63(66)69-60-61(59-68-62(65)56-53-50-47-44-21-18-15-12-9-6-3)70-64(67)58-55-52-49-46-43-41-38-25-23-20-17-14-11-8-5-2/h7,10,12,15-17,19-20,24-26,28-29,38,61H,4-6,8-9,11,13-14,18,21-23,27,30-37,39-60H2,1-3H3/b10-7-,15-12-,19-16-,20-17-,26-24-,29-28-,38-25-. The summed E-state index contributed by atoms with van der Waals surface area (Å²) in [5.74, 6) is -0.904. The molecule has 6 heteroatoms. The molecule has 0 aliphatic heterocycles. The molecule has 402 valence electrons. The van der Waals surface area contributed by atoms with Crippen LogP contribution in [0, 0.1) is 0 Å². The summed E-state index contributed by atoms with van der Waals surface area (Å²) < 4.78 is 16.8. The Morgan fingerprint density at radius 1 is 0.300 bits per heavy atom. The third kappa shape index (κ3) is 55.5. The molecule has 0 saturated carbocycles. The van der Waals surface area contributed by atoms with Gasteiger partial charge in [-0.05, 0) is 109 Å². The fourth-order valence-electron chi connectivity index (χ4n) is 8.17. The summed E-state index contributed by atoms with van der Waals surface area (Å²) in [5, 5.41) is 0. The second-order valence-corrected chi connectivity index (χ2v) is 19.5. The van der Waals surface area contributed by atoms with Crippen LogP contribution < -0.4 is 0 Å². The lowest BCUT2D eigenvalue weighted by atomic mass is 10.0. The molecule has 0 spiro atoms. The first kappa shape index (κ1) is 66.6. The van der Waals surface area contributed by atoms with Crippen molar-refractivity contribution in [3.8, 4) is 0 Å². The van der Waals surface area contributed by atoms with Gasteiger partial charge in [0.15, 0.2) is 6.10 Å². The van der Waals surface area contributed by atoms with Gasteiger partial charge >= 0.3 is 17.9 Å². The number of ether oxygens (including phenoxy) is 3. The highest BCUT2D eigenvalue weighted by Gasteiger charge is 2.19. The summed E-state index contributed by atoms with van der Waals surface area (Å²) in [6, 6.07) is 0. The van der Waals surface area contributed by atoms with Crippen LogP contribution in [0.2, 0.25) is 0 Å². The minimum atomic E-state index is -0.786. The molecule has 6 nitrogen and oxygen atoms in total. The molecule has 0 aliphatic carbocycles. The molecule has 0 bridgehead atoms.